The molecule has 2 aromatic carbocycles. The molecule has 0 N–H and O–H groups in total. The van der Waals surface area contributed by atoms with Crippen LogP contribution in [0.25, 0.3) is 20.2 Å². The summed E-state index contributed by atoms with van der Waals surface area (Å²) in [6.45, 7) is 2.24. The molecule has 3 rings (SSSR count). The molecule has 2 atom stereocenters. The molecular weight excluding hydrogens is 435 g/mol. The molecular formula is C25H30Cl2O2S. The lowest BCUT2D eigenvalue weighted by atomic mass is 10.1. The van der Waals surface area contributed by atoms with Crippen LogP contribution < -0.4 is 10.2 Å². The maximum atomic E-state index is 13.0. The fourth-order valence-corrected chi connectivity index (χ4v) is 5.24. The van der Waals surface area contributed by atoms with Crippen LogP contribution in [0.3, 0.4) is 0 Å². The molecule has 2 nitrogen and oxygen atoms in total. The lowest BCUT2D eigenvalue weighted by Crippen LogP contribution is -2.22. The van der Waals surface area contributed by atoms with Crippen molar-refractivity contribution in [2.45, 2.75) is 75.7 Å². The van der Waals surface area contributed by atoms with Gasteiger partial charge >= 0.3 is 0 Å². The summed E-state index contributed by atoms with van der Waals surface area (Å²) in [5, 5.41) is 1.00. The zero-order valence-corrected chi connectivity index (χ0v) is 19.9. The molecule has 0 aliphatic carbocycles. The second-order valence-corrected chi connectivity index (χ2v) is 9.88. The van der Waals surface area contributed by atoms with Crippen molar-refractivity contribution >= 4 is 54.7 Å². The van der Waals surface area contributed by atoms with Crippen molar-refractivity contribution in [3.8, 4) is 5.75 Å². The van der Waals surface area contributed by atoms with Gasteiger partial charge in [0.15, 0.2) is 11.0 Å². The highest BCUT2D eigenvalue weighted by Gasteiger charge is 2.20. The van der Waals surface area contributed by atoms with Crippen molar-refractivity contribution in [3.63, 3.8) is 0 Å². The van der Waals surface area contributed by atoms with E-state index >= 15 is 0 Å². The van der Waals surface area contributed by atoms with E-state index in [1.165, 1.54) is 44.9 Å². The molecule has 1 aromatic heterocycles. The van der Waals surface area contributed by atoms with Gasteiger partial charge in [0.25, 0.3) is 0 Å². The van der Waals surface area contributed by atoms with Crippen LogP contribution in [0.1, 0.15) is 64.7 Å². The number of unbranched alkanes of at least 4 members (excludes halogenated alkanes) is 7. The van der Waals surface area contributed by atoms with E-state index in [1.54, 1.807) is 17.4 Å². The predicted molar refractivity (Wildman–Crippen MR) is 133 cm³/mol. The van der Waals surface area contributed by atoms with E-state index in [2.05, 4.69) is 6.92 Å². The lowest BCUT2D eigenvalue weighted by Gasteiger charge is -2.19. The highest BCUT2D eigenvalue weighted by Crippen LogP contribution is 2.32. The zero-order chi connectivity index (χ0) is 21.3. The Morgan fingerprint density at radius 1 is 0.867 bits per heavy atom. The monoisotopic (exact) mass is 464 g/mol. The van der Waals surface area contributed by atoms with E-state index < -0.39 is 5.56 Å². The molecule has 162 valence electrons. The number of benzene rings is 2. The summed E-state index contributed by atoms with van der Waals surface area (Å²) in [4.78, 5) is 13.0. The molecule has 0 aliphatic heterocycles. The van der Waals surface area contributed by atoms with Gasteiger partial charge in [0.1, 0.15) is 5.75 Å². The molecule has 1 heterocycles. The summed E-state index contributed by atoms with van der Waals surface area (Å²) in [5.74, 6) is 0.515. The Balaban J connectivity index is 1.59. The summed E-state index contributed by atoms with van der Waals surface area (Å²) in [6, 6.07) is 13.3. The van der Waals surface area contributed by atoms with Crippen molar-refractivity contribution in [2.75, 3.05) is 0 Å². The smallest absolute Gasteiger partial charge is 0.199 e. The number of hydrogen-bond acceptors (Lipinski definition) is 3. The van der Waals surface area contributed by atoms with Gasteiger partial charge in [0, 0.05) is 14.8 Å². The maximum absolute atomic E-state index is 13.0. The van der Waals surface area contributed by atoms with Gasteiger partial charge < -0.3 is 4.74 Å². The van der Waals surface area contributed by atoms with Gasteiger partial charge in [-0.15, -0.1) is 22.9 Å². The lowest BCUT2D eigenvalue weighted by molar-refractivity contribution is 0.271. The Labute approximate surface area is 193 Å². The van der Waals surface area contributed by atoms with Crippen LogP contribution >= 0.6 is 34.5 Å². The summed E-state index contributed by atoms with van der Waals surface area (Å²) in [5.41, 5.74) is -0.689. The van der Waals surface area contributed by atoms with Gasteiger partial charge in [-0.1, -0.05) is 88.1 Å². The van der Waals surface area contributed by atoms with Crippen molar-refractivity contribution in [1.82, 2.24) is 0 Å². The topological polar surface area (TPSA) is 26.3 Å². The SMILES string of the molecule is CCCCCCCCCCC(Cl)C(Cl)Oc1cccc2sc3ccccc3c(=O)c12. The number of alkyl halides is 2. The average molecular weight is 465 g/mol. The number of hydrogen-bond donors (Lipinski definition) is 0. The molecule has 2 unspecified atom stereocenters. The Morgan fingerprint density at radius 3 is 2.30 bits per heavy atom. The fraction of sp³-hybridized carbons (Fsp3) is 0.480. The van der Waals surface area contributed by atoms with Crippen LogP contribution in [0.4, 0.5) is 0 Å². The van der Waals surface area contributed by atoms with Gasteiger partial charge in [0.05, 0.1) is 10.8 Å². The van der Waals surface area contributed by atoms with Gasteiger partial charge in [0.2, 0.25) is 0 Å². The summed E-state index contributed by atoms with van der Waals surface area (Å²) in [6.07, 6.45) is 10.9. The summed E-state index contributed by atoms with van der Waals surface area (Å²) < 4.78 is 7.85. The Morgan fingerprint density at radius 2 is 1.53 bits per heavy atom. The second kappa shape index (κ2) is 11.9. The predicted octanol–water partition coefficient (Wildman–Crippen LogP) is 8.50. The van der Waals surface area contributed by atoms with E-state index in [-0.39, 0.29) is 10.8 Å². The van der Waals surface area contributed by atoms with Crippen molar-refractivity contribution in [1.29, 1.82) is 0 Å². The van der Waals surface area contributed by atoms with Gasteiger partial charge in [-0.25, -0.2) is 0 Å². The molecule has 30 heavy (non-hydrogen) atoms. The molecule has 0 fully saturated rings. The number of halogens is 2. The highest BCUT2D eigenvalue weighted by atomic mass is 35.5. The van der Waals surface area contributed by atoms with Crippen LogP contribution in [0.2, 0.25) is 0 Å². The van der Waals surface area contributed by atoms with E-state index in [4.69, 9.17) is 27.9 Å². The summed E-state index contributed by atoms with van der Waals surface area (Å²) in [7, 11) is 0. The fourth-order valence-electron chi connectivity index (χ4n) is 3.71. The molecule has 5 heteroatoms. The number of rotatable bonds is 12. The molecule has 0 spiro atoms. The molecule has 0 radical (unpaired) electrons. The van der Waals surface area contributed by atoms with Crippen LogP contribution in [-0.4, -0.2) is 10.9 Å². The molecule has 0 saturated heterocycles. The van der Waals surface area contributed by atoms with E-state index in [9.17, 15) is 4.79 Å². The van der Waals surface area contributed by atoms with Gasteiger partial charge in [-0.05, 0) is 30.7 Å². The largest absolute Gasteiger partial charge is 0.472 e. The van der Waals surface area contributed by atoms with E-state index in [1.807, 2.05) is 36.4 Å². The van der Waals surface area contributed by atoms with Crippen molar-refractivity contribution in [2.24, 2.45) is 0 Å². The van der Waals surface area contributed by atoms with E-state index in [0.717, 1.165) is 22.2 Å². The molecule has 3 aromatic rings. The number of fused-ring (bicyclic) bond motifs is 2. The second-order valence-electron chi connectivity index (χ2n) is 7.81. The minimum absolute atomic E-state index is 0.0204. The quantitative estimate of drug-likeness (QED) is 0.152. The maximum Gasteiger partial charge on any atom is 0.199 e. The molecule has 0 aliphatic rings. The minimum atomic E-state index is -0.669. The average Bonchev–Trinajstić information content (AvgIpc) is 2.75. The third-order valence-corrected chi connectivity index (χ3v) is 7.53. The highest BCUT2D eigenvalue weighted by molar-refractivity contribution is 7.24. The molecule has 0 saturated carbocycles. The first kappa shape index (κ1) is 23.4. The standard InChI is InChI=1S/C25H30Cl2O2S/c1-2-3-4-5-6-7-8-9-14-19(26)25(27)29-20-15-12-17-22-23(20)24(28)18-13-10-11-16-21(18)30-22/h10-13,15-17,19,25H,2-9,14H2,1H3. The normalized spacial score (nSPS) is 13.6. The summed E-state index contributed by atoms with van der Waals surface area (Å²) >= 11 is 14.6. The first-order valence-electron chi connectivity index (χ1n) is 11.0. The zero-order valence-electron chi connectivity index (χ0n) is 17.5. The first-order chi connectivity index (χ1) is 14.6. The van der Waals surface area contributed by atoms with Crippen LogP contribution in [-0.2, 0) is 0 Å². The Hall–Kier alpha value is -1.29. The number of ether oxygens (including phenoxy) is 1. The van der Waals surface area contributed by atoms with E-state index in [0.29, 0.717) is 16.5 Å². The van der Waals surface area contributed by atoms with Crippen molar-refractivity contribution < 1.29 is 4.74 Å². The van der Waals surface area contributed by atoms with Crippen LogP contribution in [0.5, 0.6) is 5.75 Å². The third-order valence-electron chi connectivity index (χ3n) is 5.42. The van der Waals surface area contributed by atoms with Gasteiger partial charge in [-0.2, -0.15) is 0 Å². The van der Waals surface area contributed by atoms with Crippen LogP contribution in [0.15, 0.2) is 47.3 Å². The Kier molecular flexibility index (Phi) is 9.29. The van der Waals surface area contributed by atoms with Crippen molar-refractivity contribution in [3.05, 3.63) is 52.7 Å². The Bertz CT molecular complexity index is 1000. The van der Waals surface area contributed by atoms with Gasteiger partial charge in [-0.3, -0.25) is 4.79 Å². The molecule has 0 bridgehead atoms. The molecule has 0 amide bonds. The third kappa shape index (κ3) is 6.12. The van der Waals surface area contributed by atoms with Crippen LogP contribution in [0, 0.1) is 0 Å². The minimum Gasteiger partial charge on any atom is -0.472 e. The first-order valence-corrected chi connectivity index (χ1v) is 12.7.